The Labute approximate surface area is 215 Å². The lowest BCUT2D eigenvalue weighted by molar-refractivity contribution is -0.126. The van der Waals surface area contributed by atoms with Gasteiger partial charge in [0, 0.05) is 12.1 Å². The van der Waals surface area contributed by atoms with E-state index in [9.17, 15) is 14.4 Å². The van der Waals surface area contributed by atoms with Crippen molar-refractivity contribution in [2.75, 3.05) is 11.4 Å². The van der Waals surface area contributed by atoms with Crippen LogP contribution in [0.15, 0.2) is 69.9 Å². The summed E-state index contributed by atoms with van der Waals surface area (Å²) < 4.78 is 6.17. The van der Waals surface area contributed by atoms with Crippen LogP contribution in [0.2, 0.25) is 0 Å². The highest BCUT2D eigenvalue weighted by Gasteiger charge is 2.64. The van der Waals surface area contributed by atoms with E-state index in [0.717, 1.165) is 22.3 Å². The van der Waals surface area contributed by atoms with Crippen molar-refractivity contribution in [3.05, 3.63) is 110 Å². The second kappa shape index (κ2) is 8.17. The zero-order valence-electron chi connectivity index (χ0n) is 21.4. The fraction of sp³-hybridized carbons (Fsp3) is 0.258. The van der Waals surface area contributed by atoms with Crippen molar-refractivity contribution in [3.8, 4) is 0 Å². The fourth-order valence-electron chi connectivity index (χ4n) is 5.92. The summed E-state index contributed by atoms with van der Waals surface area (Å²) in [5.41, 5.74) is 3.94. The maximum atomic E-state index is 14.6. The molecule has 0 radical (unpaired) electrons. The summed E-state index contributed by atoms with van der Waals surface area (Å²) in [5.74, 6) is -0.754. The first-order valence-electron chi connectivity index (χ1n) is 12.7. The number of fused-ring (bicyclic) bond motifs is 5. The van der Waals surface area contributed by atoms with Crippen LogP contribution < -0.4 is 10.3 Å². The first-order valence-corrected chi connectivity index (χ1v) is 12.7. The minimum absolute atomic E-state index is 0.0326. The highest BCUT2D eigenvalue weighted by atomic mass is 16.3. The number of benzene rings is 3. The quantitative estimate of drug-likeness (QED) is 0.384. The molecule has 0 aliphatic carbocycles. The molecule has 37 heavy (non-hydrogen) atoms. The number of carbonyl (C=O) groups is 2. The van der Waals surface area contributed by atoms with Gasteiger partial charge in [-0.2, -0.15) is 0 Å². The monoisotopic (exact) mass is 492 g/mol. The van der Waals surface area contributed by atoms with Gasteiger partial charge in [-0.05, 0) is 62.1 Å². The van der Waals surface area contributed by atoms with Crippen molar-refractivity contribution < 1.29 is 14.0 Å². The van der Waals surface area contributed by atoms with Crippen LogP contribution in [-0.4, -0.2) is 23.3 Å². The minimum atomic E-state index is -1.56. The van der Waals surface area contributed by atoms with Gasteiger partial charge in [-0.15, -0.1) is 0 Å². The smallest absolute Gasteiger partial charge is 0.291 e. The van der Waals surface area contributed by atoms with Gasteiger partial charge in [0.1, 0.15) is 5.58 Å². The lowest BCUT2D eigenvalue weighted by Gasteiger charge is -2.34. The summed E-state index contributed by atoms with van der Waals surface area (Å²) in [5, 5.41) is 0.384. The first kappa shape index (κ1) is 23.2. The van der Waals surface area contributed by atoms with Gasteiger partial charge in [-0.3, -0.25) is 14.4 Å². The number of hydrogen-bond donors (Lipinski definition) is 0. The predicted molar refractivity (Wildman–Crippen MR) is 143 cm³/mol. The lowest BCUT2D eigenvalue weighted by Crippen LogP contribution is -2.53. The lowest BCUT2D eigenvalue weighted by atomic mass is 9.83. The number of carbonyl (C=O) groups excluding carboxylic acids is 2. The summed E-state index contributed by atoms with van der Waals surface area (Å²) in [6.45, 7) is 8.49. The molecule has 3 heterocycles. The number of rotatable bonds is 4. The molecule has 1 spiro atoms. The van der Waals surface area contributed by atoms with E-state index >= 15 is 0 Å². The van der Waals surface area contributed by atoms with Crippen LogP contribution in [0.25, 0.3) is 11.0 Å². The third kappa shape index (κ3) is 3.08. The van der Waals surface area contributed by atoms with Gasteiger partial charge >= 0.3 is 0 Å². The van der Waals surface area contributed by atoms with E-state index in [4.69, 9.17) is 4.42 Å². The van der Waals surface area contributed by atoms with Crippen LogP contribution in [0, 0.1) is 20.8 Å². The summed E-state index contributed by atoms with van der Waals surface area (Å²) in [4.78, 5) is 46.0. The molecule has 6 heteroatoms. The van der Waals surface area contributed by atoms with Crippen LogP contribution >= 0.6 is 0 Å². The molecule has 1 aromatic heterocycles. The Bertz CT molecular complexity index is 1680. The zero-order chi connectivity index (χ0) is 26.1. The molecule has 0 saturated heterocycles. The standard InChI is InChI=1S/C31H28N2O4/c1-5-13-33-29(35)28-26(27(34)22-15-19(3)20(4)16-25(22)37-28)31(33)23-11-6-7-12-24(23)32(30(31)36)17-21-10-8-9-18(2)14-21/h6-12,14-16H,5,13,17H2,1-4H3. The van der Waals surface area contributed by atoms with E-state index in [2.05, 4.69) is 0 Å². The van der Waals surface area contributed by atoms with Gasteiger partial charge < -0.3 is 14.2 Å². The Balaban J connectivity index is 1.66. The molecule has 2 aliphatic rings. The zero-order valence-corrected chi connectivity index (χ0v) is 21.4. The van der Waals surface area contributed by atoms with Crippen LogP contribution in [0.5, 0.6) is 0 Å². The van der Waals surface area contributed by atoms with Crippen molar-refractivity contribution in [3.63, 3.8) is 0 Å². The Morgan fingerprint density at radius 3 is 2.41 bits per heavy atom. The van der Waals surface area contributed by atoms with Gasteiger partial charge in [0.2, 0.25) is 5.76 Å². The molecule has 0 N–H and O–H groups in total. The van der Waals surface area contributed by atoms with Crippen molar-refractivity contribution in [1.29, 1.82) is 0 Å². The van der Waals surface area contributed by atoms with E-state index in [-0.39, 0.29) is 22.7 Å². The molecule has 3 aromatic carbocycles. The molecule has 6 rings (SSSR count). The predicted octanol–water partition coefficient (Wildman–Crippen LogP) is 5.37. The van der Waals surface area contributed by atoms with E-state index in [0.29, 0.717) is 41.7 Å². The largest absolute Gasteiger partial charge is 0.450 e. The van der Waals surface area contributed by atoms with Crippen molar-refractivity contribution >= 4 is 28.5 Å². The molecule has 1 unspecified atom stereocenters. The van der Waals surface area contributed by atoms with Gasteiger partial charge in [-0.25, -0.2) is 0 Å². The molecule has 0 bridgehead atoms. The Kier molecular flexibility index (Phi) is 5.13. The van der Waals surface area contributed by atoms with Crippen LogP contribution in [-0.2, 0) is 16.9 Å². The number of nitrogens with zero attached hydrogens (tertiary/aromatic N) is 2. The molecular weight excluding hydrogens is 464 g/mol. The minimum Gasteiger partial charge on any atom is -0.450 e. The van der Waals surface area contributed by atoms with Crippen LogP contribution in [0.1, 0.15) is 57.3 Å². The third-order valence-corrected chi connectivity index (χ3v) is 7.72. The number of hydrogen-bond acceptors (Lipinski definition) is 4. The number of para-hydroxylation sites is 1. The first-order chi connectivity index (χ1) is 17.8. The molecule has 1 atom stereocenters. The highest BCUT2D eigenvalue weighted by molar-refractivity contribution is 6.17. The SMILES string of the molecule is CCCN1C(=O)c2oc3cc(C)c(C)cc3c(=O)c2C12C(=O)N(Cc1cccc(C)c1)c1ccccc12. The molecule has 4 aromatic rings. The second-order valence-corrected chi connectivity index (χ2v) is 10.1. The van der Waals surface area contributed by atoms with Crippen LogP contribution in [0.3, 0.4) is 0 Å². The normalized spacial score (nSPS) is 18.3. The number of aryl methyl sites for hydroxylation is 3. The molecule has 6 nitrogen and oxygen atoms in total. The summed E-state index contributed by atoms with van der Waals surface area (Å²) in [6, 6.07) is 19.1. The van der Waals surface area contributed by atoms with E-state index in [1.165, 1.54) is 0 Å². The second-order valence-electron chi connectivity index (χ2n) is 10.1. The van der Waals surface area contributed by atoms with Gasteiger partial charge in [-0.1, -0.05) is 55.0 Å². The molecule has 2 aliphatic heterocycles. The summed E-state index contributed by atoms with van der Waals surface area (Å²) >= 11 is 0. The molecule has 0 fully saturated rings. The average molecular weight is 493 g/mol. The van der Waals surface area contributed by atoms with Crippen LogP contribution in [0.4, 0.5) is 5.69 Å². The maximum Gasteiger partial charge on any atom is 0.291 e. The molecule has 2 amide bonds. The molecule has 0 saturated carbocycles. The summed E-state index contributed by atoms with van der Waals surface area (Å²) in [6.07, 6.45) is 0.626. The highest BCUT2D eigenvalue weighted by Crippen LogP contribution is 2.53. The average Bonchev–Trinajstić information content (AvgIpc) is 3.26. The van der Waals surface area contributed by atoms with E-state index in [1.54, 1.807) is 21.9 Å². The fourth-order valence-corrected chi connectivity index (χ4v) is 5.92. The van der Waals surface area contributed by atoms with Gasteiger partial charge in [0.25, 0.3) is 11.8 Å². The van der Waals surface area contributed by atoms with Gasteiger partial charge in [0.05, 0.1) is 23.2 Å². The molecular formula is C31H28N2O4. The Hall–Kier alpha value is -4.19. The van der Waals surface area contributed by atoms with E-state index in [1.807, 2.05) is 76.2 Å². The topological polar surface area (TPSA) is 70.8 Å². The van der Waals surface area contributed by atoms with Crippen molar-refractivity contribution in [2.24, 2.45) is 0 Å². The Morgan fingerprint density at radius 1 is 0.892 bits per heavy atom. The van der Waals surface area contributed by atoms with E-state index < -0.39 is 11.4 Å². The Morgan fingerprint density at radius 2 is 1.65 bits per heavy atom. The third-order valence-electron chi connectivity index (χ3n) is 7.72. The van der Waals surface area contributed by atoms with Crippen molar-refractivity contribution in [2.45, 2.75) is 46.2 Å². The molecule has 186 valence electrons. The summed E-state index contributed by atoms with van der Waals surface area (Å²) in [7, 11) is 0. The number of amides is 2. The maximum absolute atomic E-state index is 14.6. The van der Waals surface area contributed by atoms with Crippen molar-refractivity contribution in [1.82, 2.24) is 4.90 Å². The number of anilines is 1. The van der Waals surface area contributed by atoms with Gasteiger partial charge in [0.15, 0.2) is 11.0 Å².